The monoisotopic (exact) mass is 691 g/mol. The zero-order valence-electron chi connectivity index (χ0n) is 30.1. The Morgan fingerprint density at radius 2 is 1.48 bits per heavy atom. The van der Waals surface area contributed by atoms with Gasteiger partial charge in [0.15, 0.2) is 5.65 Å². The summed E-state index contributed by atoms with van der Waals surface area (Å²) in [6.07, 6.45) is 33.9. The minimum atomic E-state index is -0.315. The molecule has 0 bridgehead atoms. The largest absolute Gasteiger partial charge is 0.347 e. The van der Waals surface area contributed by atoms with Crippen LogP contribution in [0.4, 0.5) is 0 Å². The maximum atomic E-state index is 13.1. The van der Waals surface area contributed by atoms with E-state index < -0.39 is 0 Å². The minimum Gasteiger partial charge on any atom is -0.347 e. The zero-order valence-corrected chi connectivity index (χ0v) is 30.1. The lowest BCUT2D eigenvalue weighted by atomic mass is 9.71. The van der Waals surface area contributed by atoms with Crippen LogP contribution in [0.1, 0.15) is 83.1 Å². The number of nitrogens with one attached hydrogen (secondary N) is 2. The van der Waals surface area contributed by atoms with Crippen LogP contribution in [0.2, 0.25) is 0 Å². The highest BCUT2D eigenvalue weighted by Crippen LogP contribution is 2.42. The number of pyridine rings is 2. The van der Waals surface area contributed by atoms with E-state index in [1.807, 2.05) is 24.3 Å². The van der Waals surface area contributed by atoms with Crippen LogP contribution < -0.4 is 11.0 Å². The quantitative estimate of drug-likeness (QED) is 0.0750. The van der Waals surface area contributed by atoms with Gasteiger partial charge in [-0.15, -0.1) is 0 Å². The molecule has 3 aromatic heterocycles. The van der Waals surface area contributed by atoms with Crippen molar-refractivity contribution in [2.24, 2.45) is 0 Å². The van der Waals surface area contributed by atoms with E-state index >= 15 is 0 Å². The predicted octanol–water partition coefficient (Wildman–Crippen LogP) is 10.3. The molecule has 6 rings (SSSR count). The minimum absolute atomic E-state index is 0.113. The van der Waals surface area contributed by atoms with Gasteiger partial charge in [0.1, 0.15) is 0 Å². The van der Waals surface area contributed by atoms with Crippen molar-refractivity contribution in [1.29, 1.82) is 0 Å². The molecule has 1 aliphatic rings. The van der Waals surface area contributed by atoms with Gasteiger partial charge in [0.05, 0.1) is 16.7 Å². The predicted molar refractivity (Wildman–Crippen MR) is 214 cm³/mol. The van der Waals surface area contributed by atoms with Crippen molar-refractivity contribution in [2.45, 2.75) is 83.1 Å². The molecule has 5 aromatic rings. The van der Waals surface area contributed by atoms with Crippen LogP contribution in [0.3, 0.4) is 0 Å². The summed E-state index contributed by atoms with van der Waals surface area (Å²) in [4.78, 5) is 30.4. The molecule has 0 spiro atoms. The van der Waals surface area contributed by atoms with Crippen molar-refractivity contribution in [1.82, 2.24) is 24.9 Å². The van der Waals surface area contributed by atoms with Crippen LogP contribution in [-0.4, -0.2) is 25.5 Å². The standard InChI is InChI=1S/C45H49N5O2/c1-2-3-4-5-6-7-8-9-10-11-12-13-14-15-16-17-21-25-41(51)47-45(31-22-32-45)37-28-26-36(27-29-37)42-38(35-23-19-18-20-24-35)34-39-40(46-42)30-33-50-43(39)48-49-44(50)52/h3-4,6-7,9-10,12-13,15-16,18-20,23-24,26-30,33-34H,2,5,8,11,14,17,21-22,25,31-32H2,1H3,(H,47,51)(H,49,52). The molecule has 266 valence electrons. The molecule has 0 atom stereocenters. The number of allylic oxidation sites excluding steroid dienone is 10. The van der Waals surface area contributed by atoms with E-state index in [4.69, 9.17) is 4.98 Å². The second kappa shape index (κ2) is 18.1. The van der Waals surface area contributed by atoms with Crippen LogP contribution in [0.15, 0.2) is 138 Å². The van der Waals surface area contributed by atoms with Gasteiger partial charge in [-0.3, -0.25) is 4.79 Å². The third-order valence-corrected chi connectivity index (χ3v) is 9.69. The number of hydrogen-bond donors (Lipinski definition) is 2. The maximum Gasteiger partial charge on any atom is 0.347 e. The lowest BCUT2D eigenvalue weighted by Gasteiger charge is -2.43. The van der Waals surface area contributed by atoms with Crippen molar-refractivity contribution in [3.63, 3.8) is 0 Å². The van der Waals surface area contributed by atoms with Crippen molar-refractivity contribution in [3.05, 3.63) is 150 Å². The Morgan fingerprint density at radius 1 is 0.827 bits per heavy atom. The normalized spacial score (nSPS) is 14.6. The van der Waals surface area contributed by atoms with Crippen LogP contribution in [0, 0.1) is 0 Å². The molecule has 1 saturated carbocycles. The number of H-pyrrole nitrogens is 1. The van der Waals surface area contributed by atoms with Gasteiger partial charge in [-0.1, -0.05) is 122 Å². The van der Waals surface area contributed by atoms with E-state index in [0.717, 1.165) is 103 Å². The average molecular weight is 692 g/mol. The van der Waals surface area contributed by atoms with Gasteiger partial charge in [-0.2, -0.15) is 5.10 Å². The molecule has 0 aliphatic heterocycles. The SMILES string of the molecule is CCC=CCC=CCC=CCC=CCC=CCCCC(=O)NC1(c2ccc(-c3nc4ccn5c(=O)[nH]nc5c4cc3-c3ccccc3)cc2)CCC1. The Labute approximate surface area is 306 Å². The number of unbranched alkanes of at least 4 members (excludes halogenated alkanes) is 1. The van der Waals surface area contributed by atoms with Crippen LogP contribution >= 0.6 is 0 Å². The van der Waals surface area contributed by atoms with Gasteiger partial charge in [-0.25, -0.2) is 19.3 Å². The molecule has 1 fully saturated rings. The molecule has 0 unspecified atom stereocenters. The molecular formula is C45H49N5O2. The second-order valence-electron chi connectivity index (χ2n) is 13.4. The average Bonchev–Trinajstić information content (AvgIpc) is 3.55. The fourth-order valence-electron chi connectivity index (χ4n) is 6.71. The third-order valence-electron chi connectivity index (χ3n) is 9.69. The number of aromatic nitrogens is 4. The number of benzene rings is 2. The Balaban J connectivity index is 1.02. The van der Waals surface area contributed by atoms with Crippen LogP contribution in [0.25, 0.3) is 38.9 Å². The summed E-state index contributed by atoms with van der Waals surface area (Å²) in [5.74, 6) is 0.113. The highest BCUT2D eigenvalue weighted by atomic mass is 16.2. The van der Waals surface area contributed by atoms with Gasteiger partial charge in [0.25, 0.3) is 0 Å². The van der Waals surface area contributed by atoms with E-state index in [1.54, 1.807) is 6.20 Å². The van der Waals surface area contributed by atoms with Crippen LogP contribution in [0.5, 0.6) is 0 Å². The van der Waals surface area contributed by atoms with Gasteiger partial charge >= 0.3 is 5.69 Å². The number of aromatic amines is 1. The van der Waals surface area contributed by atoms with Crippen molar-refractivity contribution in [3.8, 4) is 22.4 Å². The van der Waals surface area contributed by atoms with E-state index in [0.29, 0.717) is 12.1 Å². The molecule has 0 saturated heterocycles. The van der Waals surface area contributed by atoms with Gasteiger partial charge in [0, 0.05) is 29.1 Å². The van der Waals surface area contributed by atoms with Gasteiger partial charge in [0.2, 0.25) is 5.91 Å². The first-order valence-corrected chi connectivity index (χ1v) is 18.7. The van der Waals surface area contributed by atoms with E-state index in [9.17, 15) is 9.59 Å². The topological polar surface area (TPSA) is 92.2 Å². The smallest absolute Gasteiger partial charge is 0.347 e. The van der Waals surface area contributed by atoms with Gasteiger partial charge in [-0.05, 0) is 87.5 Å². The second-order valence-corrected chi connectivity index (χ2v) is 13.4. The zero-order chi connectivity index (χ0) is 36.0. The summed E-state index contributed by atoms with van der Waals surface area (Å²) in [5.41, 5.74) is 5.69. The lowest BCUT2D eigenvalue weighted by molar-refractivity contribution is -0.124. The van der Waals surface area contributed by atoms with Crippen LogP contribution in [-0.2, 0) is 10.3 Å². The summed E-state index contributed by atoms with van der Waals surface area (Å²) in [6, 6.07) is 22.6. The molecule has 7 heteroatoms. The fourth-order valence-corrected chi connectivity index (χ4v) is 6.71. The molecular weight excluding hydrogens is 643 g/mol. The molecule has 0 radical (unpaired) electrons. The highest BCUT2D eigenvalue weighted by molar-refractivity contribution is 5.98. The van der Waals surface area contributed by atoms with E-state index in [1.165, 1.54) is 4.40 Å². The first kappa shape index (κ1) is 36.2. The fraction of sp³-hybridized carbons (Fsp3) is 0.289. The van der Waals surface area contributed by atoms with Crippen molar-refractivity contribution in [2.75, 3.05) is 0 Å². The maximum absolute atomic E-state index is 13.1. The van der Waals surface area contributed by atoms with Crippen molar-refractivity contribution >= 4 is 22.5 Å². The third kappa shape index (κ3) is 9.02. The highest BCUT2D eigenvalue weighted by Gasteiger charge is 2.39. The number of amides is 1. The number of fused-ring (bicyclic) bond motifs is 3. The molecule has 3 heterocycles. The van der Waals surface area contributed by atoms with Crippen molar-refractivity contribution < 1.29 is 4.79 Å². The Kier molecular flexibility index (Phi) is 12.6. The summed E-state index contributed by atoms with van der Waals surface area (Å²) < 4.78 is 1.50. The summed E-state index contributed by atoms with van der Waals surface area (Å²) >= 11 is 0. The Bertz CT molecular complexity index is 2150. The number of carbonyl (C=O) groups is 1. The molecule has 7 nitrogen and oxygen atoms in total. The lowest BCUT2D eigenvalue weighted by Crippen LogP contribution is -2.50. The number of nitrogens with zero attached hydrogens (tertiary/aromatic N) is 3. The summed E-state index contributed by atoms with van der Waals surface area (Å²) in [7, 11) is 0. The van der Waals surface area contributed by atoms with Gasteiger partial charge < -0.3 is 5.32 Å². The molecule has 1 aliphatic carbocycles. The first-order chi connectivity index (χ1) is 25.6. The Morgan fingerprint density at radius 3 is 2.12 bits per heavy atom. The Hall–Kier alpha value is -5.56. The number of hydrogen-bond acceptors (Lipinski definition) is 4. The summed E-state index contributed by atoms with van der Waals surface area (Å²) in [5, 5.41) is 11.0. The number of rotatable bonds is 17. The molecule has 2 aromatic carbocycles. The molecule has 1 amide bonds. The molecule has 52 heavy (non-hydrogen) atoms. The summed E-state index contributed by atoms with van der Waals surface area (Å²) in [6.45, 7) is 2.15. The first-order valence-electron chi connectivity index (χ1n) is 18.7. The number of carbonyl (C=O) groups excluding carboxylic acids is 1. The van der Waals surface area contributed by atoms with E-state index in [2.05, 4.69) is 126 Å². The molecule has 2 N–H and O–H groups in total. The van der Waals surface area contributed by atoms with E-state index in [-0.39, 0.29) is 17.1 Å².